The summed E-state index contributed by atoms with van der Waals surface area (Å²) >= 11 is 0. The number of aryl methyl sites for hydroxylation is 1. The number of nitrogens with one attached hydrogen (secondary N) is 1. The summed E-state index contributed by atoms with van der Waals surface area (Å²) in [6.07, 6.45) is 3.77. The molecule has 0 saturated heterocycles. The molecule has 110 valence electrons. The fourth-order valence-corrected chi connectivity index (χ4v) is 2.62. The zero-order chi connectivity index (χ0) is 14.4. The lowest BCUT2D eigenvalue weighted by Crippen LogP contribution is -2.36. The van der Waals surface area contributed by atoms with Crippen LogP contribution < -0.4 is 15.8 Å². The SMILES string of the molecule is Cc1cccc(OCCC(=O)NCC2CCCC2N)c1. The lowest BCUT2D eigenvalue weighted by Gasteiger charge is -2.15. The molecule has 20 heavy (non-hydrogen) atoms. The van der Waals surface area contributed by atoms with Crippen molar-refractivity contribution in [3.63, 3.8) is 0 Å². The van der Waals surface area contributed by atoms with Gasteiger partial charge in [0.25, 0.3) is 0 Å². The van der Waals surface area contributed by atoms with Crippen molar-refractivity contribution >= 4 is 5.91 Å². The fourth-order valence-electron chi connectivity index (χ4n) is 2.62. The number of carbonyl (C=O) groups excluding carboxylic acids is 1. The summed E-state index contributed by atoms with van der Waals surface area (Å²) < 4.78 is 5.56. The van der Waals surface area contributed by atoms with E-state index in [0.29, 0.717) is 25.5 Å². The zero-order valence-electron chi connectivity index (χ0n) is 12.1. The molecule has 3 N–H and O–H groups in total. The van der Waals surface area contributed by atoms with Crippen molar-refractivity contribution in [3.05, 3.63) is 29.8 Å². The summed E-state index contributed by atoms with van der Waals surface area (Å²) in [7, 11) is 0. The highest BCUT2D eigenvalue weighted by atomic mass is 16.5. The maximum Gasteiger partial charge on any atom is 0.223 e. The molecule has 4 heteroatoms. The Morgan fingerprint density at radius 2 is 2.30 bits per heavy atom. The first kappa shape index (κ1) is 14.9. The monoisotopic (exact) mass is 276 g/mol. The van der Waals surface area contributed by atoms with Crippen LogP contribution in [-0.2, 0) is 4.79 Å². The highest BCUT2D eigenvalue weighted by Crippen LogP contribution is 2.22. The van der Waals surface area contributed by atoms with Gasteiger partial charge in [-0.25, -0.2) is 0 Å². The molecule has 1 aliphatic rings. The third kappa shape index (κ3) is 4.53. The van der Waals surface area contributed by atoms with Crippen LogP contribution in [0.25, 0.3) is 0 Å². The maximum absolute atomic E-state index is 11.7. The van der Waals surface area contributed by atoms with Gasteiger partial charge in [0.2, 0.25) is 5.91 Å². The normalized spacial score (nSPS) is 21.7. The van der Waals surface area contributed by atoms with E-state index in [-0.39, 0.29) is 11.9 Å². The van der Waals surface area contributed by atoms with Gasteiger partial charge in [0.05, 0.1) is 13.0 Å². The summed E-state index contributed by atoms with van der Waals surface area (Å²) in [6, 6.07) is 8.09. The molecule has 1 saturated carbocycles. The Labute approximate surface area is 120 Å². The summed E-state index contributed by atoms with van der Waals surface area (Å²) in [5.74, 6) is 1.30. The molecule has 4 nitrogen and oxygen atoms in total. The molecule has 2 unspecified atom stereocenters. The van der Waals surface area contributed by atoms with Gasteiger partial charge in [-0.1, -0.05) is 18.6 Å². The van der Waals surface area contributed by atoms with Crippen LogP contribution in [0.15, 0.2) is 24.3 Å². The smallest absolute Gasteiger partial charge is 0.223 e. The topological polar surface area (TPSA) is 64.3 Å². The van der Waals surface area contributed by atoms with Gasteiger partial charge >= 0.3 is 0 Å². The molecule has 0 aliphatic heterocycles. The number of rotatable bonds is 6. The number of carbonyl (C=O) groups is 1. The second kappa shape index (κ2) is 7.29. The molecule has 1 fully saturated rings. The highest BCUT2D eigenvalue weighted by molar-refractivity contribution is 5.76. The van der Waals surface area contributed by atoms with Gasteiger partial charge < -0.3 is 15.8 Å². The number of amides is 1. The van der Waals surface area contributed by atoms with Crippen LogP contribution >= 0.6 is 0 Å². The van der Waals surface area contributed by atoms with Crippen molar-refractivity contribution in [1.29, 1.82) is 0 Å². The molecular weight excluding hydrogens is 252 g/mol. The van der Waals surface area contributed by atoms with Gasteiger partial charge in [-0.05, 0) is 43.4 Å². The van der Waals surface area contributed by atoms with Gasteiger partial charge in [-0.3, -0.25) is 4.79 Å². The van der Waals surface area contributed by atoms with Gasteiger partial charge in [-0.2, -0.15) is 0 Å². The lowest BCUT2D eigenvalue weighted by atomic mass is 10.0. The second-order valence-electron chi connectivity index (χ2n) is 5.57. The van der Waals surface area contributed by atoms with E-state index in [0.717, 1.165) is 24.2 Å². The molecule has 2 rings (SSSR count). The molecule has 0 spiro atoms. The predicted molar refractivity (Wildman–Crippen MR) is 79.6 cm³/mol. The molecule has 1 amide bonds. The van der Waals surface area contributed by atoms with E-state index < -0.39 is 0 Å². The Hall–Kier alpha value is -1.55. The molecule has 1 aliphatic carbocycles. The summed E-state index contributed by atoms with van der Waals surface area (Å²) in [6.45, 7) is 3.13. The Kier molecular flexibility index (Phi) is 5.41. The highest BCUT2D eigenvalue weighted by Gasteiger charge is 2.23. The van der Waals surface area contributed by atoms with Crippen LogP contribution in [0.4, 0.5) is 0 Å². The number of ether oxygens (including phenoxy) is 1. The summed E-state index contributed by atoms with van der Waals surface area (Å²) in [5, 5.41) is 2.95. The minimum atomic E-state index is 0.0387. The molecule has 0 heterocycles. The first-order valence-corrected chi connectivity index (χ1v) is 7.37. The minimum Gasteiger partial charge on any atom is -0.493 e. The van der Waals surface area contributed by atoms with E-state index in [1.54, 1.807) is 0 Å². The number of nitrogens with two attached hydrogens (primary N) is 1. The molecule has 1 aromatic carbocycles. The molecular formula is C16H24N2O2. The van der Waals surface area contributed by atoms with Crippen LogP contribution in [0.3, 0.4) is 0 Å². The van der Waals surface area contributed by atoms with E-state index in [2.05, 4.69) is 5.32 Å². The van der Waals surface area contributed by atoms with Gasteiger partial charge in [0, 0.05) is 12.6 Å². The van der Waals surface area contributed by atoms with Crippen LogP contribution in [0.1, 0.15) is 31.2 Å². The van der Waals surface area contributed by atoms with E-state index in [1.165, 1.54) is 6.42 Å². The van der Waals surface area contributed by atoms with Crippen molar-refractivity contribution in [2.45, 2.75) is 38.6 Å². The zero-order valence-corrected chi connectivity index (χ0v) is 12.1. The van der Waals surface area contributed by atoms with E-state index >= 15 is 0 Å². The van der Waals surface area contributed by atoms with E-state index in [4.69, 9.17) is 10.5 Å². The average molecular weight is 276 g/mol. The van der Waals surface area contributed by atoms with Crippen LogP contribution in [0.2, 0.25) is 0 Å². The Morgan fingerprint density at radius 1 is 1.45 bits per heavy atom. The molecule has 1 aromatic rings. The minimum absolute atomic E-state index is 0.0387. The third-order valence-corrected chi connectivity index (χ3v) is 3.87. The average Bonchev–Trinajstić information content (AvgIpc) is 2.82. The Morgan fingerprint density at radius 3 is 3.00 bits per heavy atom. The van der Waals surface area contributed by atoms with Crippen LogP contribution in [-0.4, -0.2) is 25.1 Å². The molecule has 0 aromatic heterocycles. The predicted octanol–water partition coefficient (Wildman–Crippen LogP) is 2.01. The summed E-state index contributed by atoms with van der Waals surface area (Å²) in [4.78, 5) is 11.7. The Balaban J connectivity index is 1.63. The molecule has 2 atom stereocenters. The Bertz CT molecular complexity index is 448. The standard InChI is InChI=1S/C16H24N2O2/c1-12-4-2-6-14(10-12)20-9-8-16(19)18-11-13-5-3-7-15(13)17/h2,4,6,10,13,15H,3,5,7-9,11,17H2,1H3,(H,18,19). The van der Waals surface area contributed by atoms with E-state index in [1.807, 2.05) is 31.2 Å². The number of hydrogen-bond acceptors (Lipinski definition) is 3. The van der Waals surface area contributed by atoms with Crippen LogP contribution in [0.5, 0.6) is 5.75 Å². The fraction of sp³-hybridized carbons (Fsp3) is 0.562. The number of hydrogen-bond donors (Lipinski definition) is 2. The first-order valence-electron chi connectivity index (χ1n) is 7.37. The van der Waals surface area contributed by atoms with Gasteiger partial charge in [-0.15, -0.1) is 0 Å². The quantitative estimate of drug-likeness (QED) is 0.835. The van der Waals surface area contributed by atoms with Crippen molar-refractivity contribution < 1.29 is 9.53 Å². The van der Waals surface area contributed by atoms with Crippen molar-refractivity contribution in [1.82, 2.24) is 5.32 Å². The van der Waals surface area contributed by atoms with Gasteiger partial charge in [0.15, 0.2) is 0 Å². The van der Waals surface area contributed by atoms with Crippen LogP contribution in [0, 0.1) is 12.8 Å². The van der Waals surface area contributed by atoms with E-state index in [9.17, 15) is 4.79 Å². The molecule has 0 radical (unpaired) electrons. The largest absolute Gasteiger partial charge is 0.493 e. The lowest BCUT2D eigenvalue weighted by molar-refractivity contribution is -0.121. The van der Waals surface area contributed by atoms with Gasteiger partial charge in [0.1, 0.15) is 5.75 Å². The first-order chi connectivity index (χ1) is 9.65. The molecule has 0 bridgehead atoms. The second-order valence-corrected chi connectivity index (χ2v) is 5.57. The summed E-state index contributed by atoms with van der Waals surface area (Å²) in [5.41, 5.74) is 7.13. The third-order valence-electron chi connectivity index (χ3n) is 3.87. The van der Waals surface area contributed by atoms with Crippen molar-refractivity contribution in [3.8, 4) is 5.75 Å². The number of benzene rings is 1. The maximum atomic E-state index is 11.7. The van der Waals surface area contributed by atoms with Crippen molar-refractivity contribution in [2.24, 2.45) is 11.7 Å². The van der Waals surface area contributed by atoms with Crippen molar-refractivity contribution in [2.75, 3.05) is 13.2 Å².